The number of carbonyl (C=O) groups is 2. The molecule has 1 unspecified atom stereocenters. The van der Waals surface area contributed by atoms with E-state index in [4.69, 9.17) is 5.26 Å². The van der Waals surface area contributed by atoms with Crippen LogP contribution in [-0.4, -0.2) is 44.4 Å². The largest absolute Gasteiger partial charge is 0.324 e. The van der Waals surface area contributed by atoms with Crippen molar-refractivity contribution in [2.24, 2.45) is 0 Å². The highest BCUT2D eigenvalue weighted by atomic mass is 32.2. The van der Waals surface area contributed by atoms with Crippen molar-refractivity contribution in [1.29, 1.82) is 5.26 Å². The number of rotatable bonds is 3. The minimum atomic E-state index is -0.559. The molecule has 0 saturated carbocycles. The van der Waals surface area contributed by atoms with Gasteiger partial charge in [0.15, 0.2) is 0 Å². The third kappa shape index (κ3) is 3.64. The molecule has 0 spiro atoms. The molecule has 1 N–H and O–H groups in total. The van der Waals surface area contributed by atoms with E-state index in [2.05, 4.69) is 15.3 Å². The number of anilines is 1. The van der Waals surface area contributed by atoms with Gasteiger partial charge in [-0.15, -0.1) is 23.1 Å². The van der Waals surface area contributed by atoms with Crippen molar-refractivity contribution in [1.82, 2.24) is 14.9 Å². The normalized spacial score (nSPS) is 15.9. The molecule has 152 valence electrons. The Labute approximate surface area is 182 Å². The third-order valence-corrected chi connectivity index (χ3v) is 7.19. The highest BCUT2D eigenvalue weighted by molar-refractivity contribution is 7.99. The Morgan fingerprint density at radius 3 is 2.63 bits per heavy atom. The molecule has 1 atom stereocenters. The number of nitrogens with zero attached hydrogens (tertiary/aromatic N) is 4. The summed E-state index contributed by atoms with van der Waals surface area (Å²) in [7, 11) is 0. The Hall–Kier alpha value is -2.96. The van der Waals surface area contributed by atoms with E-state index in [0.29, 0.717) is 33.6 Å². The Bertz CT molecular complexity index is 1200. The average molecular weight is 438 g/mol. The molecule has 7 nitrogen and oxygen atoms in total. The lowest BCUT2D eigenvalue weighted by Gasteiger charge is -2.23. The second-order valence-corrected chi connectivity index (χ2v) is 9.06. The lowest BCUT2D eigenvalue weighted by Crippen LogP contribution is -2.44. The molecule has 0 aliphatic carbocycles. The first-order chi connectivity index (χ1) is 14.4. The summed E-state index contributed by atoms with van der Waals surface area (Å²) in [5.74, 6) is 1.29. The summed E-state index contributed by atoms with van der Waals surface area (Å²) < 4.78 is 0. The Morgan fingerprint density at radius 2 is 1.93 bits per heavy atom. The number of benzene rings is 1. The molecule has 1 saturated heterocycles. The van der Waals surface area contributed by atoms with Gasteiger partial charge in [-0.3, -0.25) is 9.59 Å². The maximum absolute atomic E-state index is 13.3. The molecule has 1 fully saturated rings. The first-order valence-electron chi connectivity index (χ1n) is 9.33. The van der Waals surface area contributed by atoms with Crippen LogP contribution in [0, 0.1) is 32.1 Å². The maximum Gasteiger partial charge on any atom is 0.265 e. The third-order valence-electron chi connectivity index (χ3n) is 5.00. The molecule has 4 rings (SSSR count). The summed E-state index contributed by atoms with van der Waals surface area (Å²) in [4.78, 5) is 38.1. The van der Waals surface area contributed by atoms with Crippen molar-refractivity contribution in [2.45, 2.75) is 26.8 Å². The molecule has 0 radical (unpaired) electrons. The summed E-state index contributed by atoms with van der Waals surface area (Å²) in [5.41, 5.74) is 2.84. The van der Waals surface area contributed by atoms with Crippen LogP contribution in [-0.2, 0) is 4.79 Å². The lowest BCUT2D eigenvalue weighted by molar-refractivity contribution is -0.119. The quantitative estimate of drug-likeness (QED) is 0.672. The average Bonchev–Trinajstić information content (AvgIpc) is 3.33. The van der Waals surface area contributed by atoms with Gasteiger partial charge in [-0.1, -0.05) is 0 Å². The summed E-state index contributed by atoms with van der Waals surface area (Å²) in [5, 5.41) is 12.7. The number of fused-ring (bicyclic) bond motifs is 1. The van der Waals surface area contributed by atoms with Gasteiger partial charge in [0.2, 0.25) is 5.91 Å². The number of carbonyl (C=O) groups excluding carboxylic acids is 2. The van der Waals surface area contributed by atoms with E-state index in [0.717, 1.165) is 21.5 Å². The predicted octanol–water partition coefficient (Wildman–Crippen LogP) is 3.64. The van der Waals surface area contributed by atoms with Crippen LogP contribution >= 0.6 is 23.1 Å². The standard InChI is InChI=1S/C21H19N5O2S2/c1-11-17-12(2)23-13(3)24-20(17)30-18(11)21(28)26-10-29-9-16(26)19(27)25-15-6-4-14(8-22)5-7-15/h4-7,16H,9-10H2,1-3H3,(H,25,27). The number of aromatic nitrogens is 2. The van der Waals surface area contributed by atoms with Crippen LogP contribution in [0.1, 0.15) is 32.3 Å². The van der Waals surface area contributed by atoms with Gasteiger partial charge < -0.3 is 10.2 Å². The molecule has 1 aliphatic heterocycles. The molecule has 0 bridgehead atoms. The summed E-state index contributed by atoms with van der Waals surface area (Å²) in [6.07, 6.45) is 0. The fourth-order valence-electron chi connectivity index (χ4n) is 3.52. The summed E-state index contributed by atoms with van der Waals surface area (Å²) >= 11 is 2.91. The highest BCUT2D eigenvalue weighted by Gasteiger charge is 2.36. The maximum atomic E-state index is 13.3. The number of hydrogen-bond acceptors (Lipinski definition) is 7. The molecule has 30 heavy (non-hydrogen) atoms. The summed E-state index contributed by atoms with van der Waals surface area (Å²) in [6, 6.07) is 8.15. The fraction of sp³-hybridized carbons (Fsp3) is 0.286. The van der Waals surface area contributed by atoms with Crippen molar-refractivity contribution in [3.63, 3.8) is 0 Å². The second-order valence-electron chi connectivity index (χ2n) is 7.06. The topological polar surface area (TPSA) is 99.0 Å². The predicted molar refractivity (Wildman–Crippen MR) is 119 cm³/mol. The molecular weight excluding hydrogens is 418 g/mol. The van der Waals surface area contributed by atoms with Crippen molar-refractivity contribution in [3.8, 4) is 6.07 Å². The molecule has 9 heteroatoms. The van der Waals surface area contributed by atoms with Crippen LogP contribution in [0.4, 0.5) is 5.69 Å². The van der Waals surface area contributed by atoms with Crippen molar-refractivity contribution < 1.29 is 9.59 Å². The molecule has 3 heterocycles. The van der Waals surface area contributed by atoms with Gasteiger partial charge in [0, 0.05) is 22.5 Å². The molecular formula is C21H19N5O2S2. The van der Waals surface area contributed by atoms with Gasteiger partial charge in [0.25, 0.3) is 5.91 Å². The SMILES string of the molecule is Cc1nc(C)c2c(C)c(C(=O)N3CSCC3C(=O)Nc3ccc(C#N)cc3)sc2n1. The molecule has 1 aliphatic rings. The van der Waals surface area contributed by atoms with E-state index in [1.54, 1.807) is 40.9 Å². The number of nitriles is 1. The van der Waals surface area contributed by atoms with Gasteiger partial charge in [0.05, 0.1) is 22.4 Å². The van der Waals surface area contributed by atoms with Crippen LogP contribution in [0.15, 0.2) is 24.3 Å². The van der Waals surface area contributed by atoms with E-state index in [-0.39, 0.29) is 11.8 Å². The van der Waals surface area contributed by atoms with Gasteiger partial charge in [-0.2, -0.15) is 5.26 Å². The van der Waals surface area contributed by atoms with Crippen LogP contribution in [0.2, 0.25) is 0 Å². The summed E-state index contributed by atoms with van der Waals surface area (Å²) in [6.45, 7) is 5.67. The smallest absolute Gasteiger partial charge is 0.265 e. The van der Waals surface area contributed by atoms with E-state index in [1.807, 2.05) is 26.8 Å². The zero-order valence-electron chi connectivity index (χ0n) is 16.7. The Kier molecular flexibility index (Phi) is 5.45. The van der Waals surface area contributed by atoms with Crippen LogP contribution in [0.25, 0.3) is 10.2 Å². The first kappa shape index (κ1) is 20.3. The fourth-order valence-corrected chi connectivity index (χ4v) is 5.91. The van der Waals surface area contributed by atoms with Crippen molar-refractivity contribution in [3.05, 3.63) is 51.8 Å². The highest BCUT2D eigenvalue weighted by Crippen LogP contribution is 2.34. The first-order valence-corrected chi connectivity index (χ1v) is 11.3. The Morgan fingerprint density at radius 1 is 1.20 bits per heavy atom. The van der Waals surface area contributed by atoms with Gasteiger partial charge >= 0.3 is 0 Å². The van der Waals surface area contributed by atoms with Crippen molar-refractivity contribution in [2.75, 3.05) is 16.9 Å². The number of hydrogen-bond donors (Lipinski definition) is 1. The van der Waals surface area contributed by atoms with E-state index in [1.165, 1.54) is 11.3 Å². The van der Waals surface area contributed by atoms with Gasteiger partial charge in [0.1, 0.15) is 16.7 Å². The molecule has 1 aromatic carbocycles. The number of thioether (sulfide) groups is 1. The van der Waals surface area contributed by atoms with Crippen LogP contribution < -0.4 is 5.32 Å². The number of nitrogens with one attached hydrogen (secondary N) is 1. The van der Waals surface area contributed by atoms with E-state index >= 15 is 0 Å². The van der Waals surface area contributed by atoms with Crippen LogP contribution in [0.5, 0.6) is 0 Å². The van der Waals surface area contributed by atoms with Crippen LogP contribution in [0.3, 0.4) is 0 Å². The monoisotopic (exact) mass is 437 g/mol. The molecule has 3 aromatic rings. The molecule has 2 amide bonds. The Balaban J connectivity index is 1.58. The minimum absolute atomic E-state index is 0.155. The van der Waals surface area contributed by atoms with E-state index in [9.17, 15) is 9.59 Å². The number of aryl methyl sites for hydroxylation is 3. The van der Waals surface area contributed by atoms with Gasteiger partial charge in [-0.25, -0.2) is 9.97 Å². The number of thiophene rings is 1. The number of amides is 2. The minimum Gasteiger partial charge on any atom is -0.324 e. The zero-order valence-corrected chi connectivity index (χ0v) is 18.4. The molecule has 2 aromatic heterocycles. The second kappa shape index (κ2) is 8.05. The van der Waals surface area contributed by atoms with Crippen molar-refractivity contribution >= 4 is 50.8 Å². The van der Waals surface area contributed by atoms with Gasteiger partial charge in [-0.05, 0) is 50.6 Å². The lowest BCUT2D eigenvalue weighted by atomic mass is 10.1. The van der Waals surface area contributed by atoms with E-state index < -0.39 is 6.04 Å². The zero-order chi connectivity index (χ0) is 21.4.